The fourth-order valence-corrected chi connectivity index (χ4v) is 4.03. The third-order valence-electron chi connectivity index (χ3n) is 5.56. The minimum absolute atomic E-state index is 0.0746. The maximum absolute atomic E-state index is 12.4. The molecule has 0 unspecified atom stereocenters. The van der Waals surface area contributed by atoms with Gasteiger partial charge in [0.25, 0.3) is 5.91 Å². The van der Waals surface area contributed by atoms with Crippen LogP contribution in [0.3, 0.4) is 0 Å². The molecule has 5 nitrogen and oxygen atoms in total. The Morgan fingerprint density at radius 2 is 1.92 bits per heavy atom. The van der Waals surface area contributed by atoms with E-state index in [-0.39, 0.29) is 12.0 Å². The van der Waals surface area contributed by atoms with Gasteiger partial charge in [0, 0.05) is 38.2 Å². The van der Waals surface area contributed by atoms with E-state index in [1.807, 2.05) is 11.0 Å². The van der Waals surface area contributed by atoms with Crippen molar-refractivity contribution in [3.8, 4) is 0 Å². The first-order chi connectivity index (χ1) is 12.8. The van der Waals surface area contributed by atoms with Crippen molar-refractivity contribution in [1.82, 2.24) is 10.2 Å². The SMILES string of the molecule is O=C(c1ccoc1)N1CCC(NC[C@@H]2CCO[C@H]2c2ccccc2)CC1. The quantitative estimate of drug-likeness (QED) is 0.895. The summed E-state index contributed by atoms with van der Waals surface area (Å²) in [5.74, 6) is 0.591. The van der Waals surface area contributed by atoms with Gasteiger partial charge >= 0.3 is 0 Å². The number of benzene rings is 1. The van der Waals surface area contributed by atoms with E-state index in [0.29, 0.717) is 17.5 Å². The van der Waals surface area contributed by atoms with Gasteiger partial charge in [-0.05, 0) is 30.9 Å². The zero-order valence-electron chi connectivity index (χ0n) is 15.0. The van der Waals surface area contributed by atoms with Crippen molar-refractivity contribution in [2.45, 2.75) is 31.4 Å². The van der Waals surface area contributed by atoms with Gasteiger partial charge in [-0.1, -0.05) is 30.3 Å². The van der Waals surface area contributed by atoms with Crippen LogP contribution < -0.4 is 5.32 Å². The minimum Gasteiger partial charge on any atom is -0.472 e. The topological polar surface area (TPSA) is 54.7 Å². The highest BCUT2D eigenvalue weighted by Crippen LogP contribution is 2.34. The lowest BCUT2D eigenvalue weighted by Gasteiger charge is -2.33. The number of hydrogen-bond acceptors (Lipinski definition) is 4. The lowest BCUT2D eigenvalue weighted by atomic mass is 9.94. The van der Waals surface area contributed by atoms with Crippen LogP contribution in [0.2, 0.25) is 0 Å². The first-order valence-corrected chi connectivity index (χ1v) is 9.52. The van der Waals surface area contributed by atoms with Crippen molar-refractivity contribution in [1.29, 1.82) is 0 Å². The van der Waals surface area contributed by atoms with Crippen LogP contribution in [-0.4, -0.2) is 43.1 Å². The monoisotopic (exact) mass is 354 g/mol. The Hall–Kier alpha value is -2.11. The largest absolute Gasteiger partial charge is 0.472 e. The maximum atomic E-state index is 12.4. The summed E-state index contributed by atoms with van der Waals surface area (Å²) in [5.41, 5.74) is 1.92. The second-order valence-electron chi connectivity index (χ2n) is 7.24. The van der Waals surface area contributed by atoms with E-state index in [2.05, 4.69) is 29.6 Å². The molecule has 2 saturated heterocycles. The van der Waals surface area contributed by atoms with Crippen LogP contribution in [0.1, 0.15) is 41.3 Å². The van der Waals surface area contributed by atoms with E-state index in [0.717, 1.165) is 45.5 Å². The number of amides is 1. The summed E-state index contributed by atoms with van der Waals surface area (Å²) in [5, 5.41) is 3.72. The number of ether oxygens (including phenoxy) is 1. The van der Waals surface area contributed by atoms with Gasteiger partial charge in [0.1, 0.15) is 6.26 Å². The molecule has 2 aromatic rings. The third kappa shape index (κ3) is 3.84. The molecule has 0 spiro atoms. The molecule has 1 N–H and O–H groups in total. The number of nitrogens with zero attached hydrogens (tertiary/aromatic N) is 1. The van der Waals surface area contributed by atoms with E-state index in [1.54, 1.807) is 12.3 Å². The number of likely N-dealkylation sites (tertiary alicyclic amines) is 1. The molecule has 4 rings (SSSR count). The van der Waals surface area contributed by atoms with Crippen LogP contribution in [0.15, 0.2) is 53.3 Å². The summed E-state index contributed by atoms with van der Waals surface area (Å²) < 4.78 is 11.0. The fraction of sp³-hybridized carbons (Fsp3) is 0.476. The second-order valence-corrected chi connectivity index (χ2v) is 7.24. The molecule has 2 aliphatic heterocycles. The zero-order valence-corrected chi connectivity index (χ0v) is 15.0. The summed E-state index contributed by atoms with van der Waals surface area (Å²) in [6, 6.07) is 12.7. The number of furan rings is 1. The van der Waals surface area contributed by atoms with Gasteiger partial charge in [0.2, 0.25) is 0 Å². The van der Waals surface area contributed by atoms with E-state index in [4.69, 9.17) is 9.15 Å². The van der Waals surface area contributed by atoms with Crippen molar-refractivity contribution >= 4 is 5.91 Å². The van der Waals surface area contributed by atoms with Crippen LogP contribution in [0, 0.1) is 5.92 Å². The van der Waals surface area contributed by atoms with Gasteiger partial charge in [-0.2, -0.15) is 0 Å². The normalized spacial score (nSPS) is 24.1. The number of rotatable bonds is 5. The minimum atomic E-state index is 0.0746. The smallest absolute Gasteiger partial charge is 0.257 e. The molecule has 1 aromatic carbocycles. The molecular formula is C21H26N2O3. The molecule has 2 atom stereocenters. The van der Waals surface area contributed by atoms with Gasteiger partial charge in [0.15, 0.2) is 0 Å². The Balaban J connectivity index is 1.25. The standard InChI is InChI=1S/C21H26N2O3/c24-21(18-8-12-25-15-18)23-10-6-19(7-11-23)22-14-17-9-13-26-20(17)16-4-2-1-3-5-16/h1-5,8,12,15,17,19-20,22H,6-7,9-11,13-14H2/t17-,20-/m0/s1. The summed E-state index contributed by atoms with van der Waals surface area (Å²) in [6.45, 7) is 3.40. The molecule has 1 aromatic heterocycles. The first-order valence-electron chi connectivity index (χ1n) is 9.52. The number of carbonyl (C=O) groups excluding carboxylic acids is 1. The maximum Gasteiger partial charge on any atom is 0.257 e. The summed E-state index contributed by atoms with van der Waals surface area (Å²) in [4.78, 5) is 14.3. The molecule has 3 heterocycles. The van der Waals surface area contributed by atoms with Crippen molar-refractivity contribution in [3.05, 3.63) is 60.1 Å². The Morgan fingerprint density at radius 3 is 2.65 bits per heavy atom. The zero-order chi connectivity index (χ0) is 17.8. The Morgan fingerprint density at radius 1 is 1.12 bits per heavy atom. The van der Waals surface area contributed by atoms with Gasteiger partial charge < -0.3 is 19.4 Å². The second kappa shape index (κ2) is 8.06. The van der Waals surface area contributed by atoms with Gasteiger partial charge in [0.05, 0.1) is 17.9 Å². The van der Waals surface area contributed by atoms with Crippen LogP contribution >= 0.6 is 0 Å². The van der Waals surface area contributed by atoms with Crippen molar-refractivity contribution in [2.24, 2.45) is 5.92 Å². The Bertz CT molecular complexity index is 693. The number of carbonyl (C=O) groups is 1. The predicted octanol–water partition coefficient (Wildman–Crippen LogP) is 3.25. The molecule has 0 bridgehead atoms. The Labute approximate surface area is 154 Å². The fourth-order valence-electron chi connectivity index (χ4n) is 4.03. The molecule has 0 saturated carbocycles. The van der Waals surface area contributed by atoms with Crippen molar-refractivity contribution in [3.63, 3.8) is 0 Å². The predicted molar refractivity (Wildman–Crippen MR) is 98.9 cm³/mol. The van der Waals surface area contributed by atoms with Gasteiger partial charge in [-0.3, -0.25) is 4.79 Å². The summed E-state index contributed by atoms with van der Waals surface area (Å²) in [7, 11) is 0. The average Bonchev–Trinajstić information content (AvgIpc) is 3.39. The highest BCUT2D eigenvalue weighted by molar-refractivity contribution is 5.93. The van der Waals surface area contributed by atoms with Crippen molar-refractivity contribution in [2.75, 3.05) is 26.2 Å². The van der Waals surface area contributed by atoms with E-state index in [1.165, 1.54) is 11.8 Å². The molecule has 0 aliphatic carbocycles. The molecule has 138 valence electrons. The molecule has 5 heteroatoms. The van der Waals surface area contributed by atoms with Gasteiger partial charge in [-0.15, -0.1) is 0 Å². The van der Waals surface area contributed by atoms with E-state index in [9.17, 15) is 4.79 Å². The molecular weight excluding hydrogens is 328 g/mol. The average molecular weight is 354 g/mol. The Kier molecular flexibility index (Phi) is 5.37. The van der Waals surface area contributed by atoms with Crippen LogP contribution in [0.4, 0.5) is 0 Å². The highest BCUT2D eigenvalue weighted by atomic mass is 16.5. The number of nitrogens with one attached hydrogen (secondary N) is 1. The highest BCUT2D eigenvalue weighted by Gasteiger charge is 2.31. The molecule has 2 fully saturated rings. The van der Waals surface area contributed by atoms with Crippen LogP contribution in [0.25, 0.3) is 0 Å². The third-order valence-corrected chi connectivity index (χ3v) is 5.56. The molecule has 2 aliphatic rings. The van der Waals surface area contributed by atoms with Crippen LogP contribution in [-0.2, 0) is 4.74 Å². The van der Waals surface area contributed by atoms with E-state index >= 15 is 0 Å². The lowest BCUT2D eigenvalue weighted by molar-refractivity contribution is 0.0696. The molecule has 0 radical (unpaired) electrons. The van der Waals surface area contributed by atoms with Crippen LogP contribution in [0.5, 0.6) is 0 Å². The summed E-state index contributed by atoms with van der Waals surface area (Å²) >= 11 is 0. The molecule has 26 heavy (non-hydrogen) atoms. The summed E-state index contributed by atoms with van der Waals surface area (Å²) in [6.07, 6.45) is 6.36. The van der Waals surface area contributed by atoms with Crippen molar-refractivity contribution < 1.29 is 13.9 Å². The van der Waals surface area contributed by atoms with E-state index < -0.39 is 0 Å². The first kappa shape index (κ1) is 17.3. The molecule has 1 amide bonds. The van der Waals surface area contributed by atoms with Gasteiger partial charge in [-0.25, -0.2) is 0 Å². The number of hydrogen-bond donors (Lipinski definition) is 1. The lowest BCUT2D eigenvalue weighted by Crippen LogP contribution is -2.46. The number of piperidine rings is 1.